The first kappa shape index (κ1) is 22.3. The van der Waals surface area contributed by atoms with Crippen molar-refractivity contribution in [3.05, 3.63) is 45.4 Å². The zero-order valence-electron chi connectivity index (χ0n) is 16.9. The van der Waals surface area contributed by atoms with E-state index in [-0.39, 0.29) is 34.5 Å². The summed E-state index contributed by atoms with van der Waals surface area (Å²) in [5, 5.41) is 0.258. The van der Waals surface area contributed by atoms with Crippen molar-refractivity contribution in [2.45, 2.75) is 12.8 Å². The molecule has 2 amide bonds. The van der Waals surface area contributed by atoms with Gasteiger partial charge in [0.1, 0.15) is 4.60 Å². The molecule has 8 nitrogen and oxygen atoms in total. The fraction of sp³-hybridized carbons (Fsp3) is 0.400. The van der Waals surface area contributed by atoms with E-state index in [1.165, 1.54) is 12.0 Å². The lowest BCUT2D eigenvalue weighted by Gasteiger charge is -2.31. The number of benzene rings is 1. The van der Waals surface area contributed by atoms with E-state index >= 15 is 0 Å². The van der Waals surface area contributed by atoms with Crippen molar-refractivity contribution in [3.8, 4) is 0 Å². The second-order valence-corrected chi connectivity index (χ2v) is 8.30. The number of hydrogen-bond donors (Lipinski definition) is 0. The molecule has 1 aromatic heterocycles. The van der Waals surface area contributed by atoms with Gasteiger partial charge in [0.05, 0.1) is 29.8 Å². The van der Waals surface area contributed by atoms with Crippen LogP contribution in [0.3, 0.4) is 0 Å². The molecule has 2 aromatic rings. The molecular formula is C20H22BrClN4O4. The molecule has 0 saturated carbocycles. The lowest BCUT2D eigenvalue weighted by atomic mass is 9.96. The number of aromatic nitrogens is 2. The molecule has 1 fully saturated rings. The van der Waals surface area contributed by atoms with Crippen molar-refractivity contribution in [2.24, 2.45) is 13.0 Å². The van der Waals surface area contributed by atoms with Gasteiger partial charge in [0.25, 0.3) is 11.8 Å². The fourth-order valence-electron chi connectivity index (χ4n) is 3.40. The van der Waals surface area contributed by atoms with Crippen molar-refractivity contribution < 1.29 is 19.1 Å². The summed E-state index contributed by atoms with van der Waals surface area (Å²) in [6, 6.07) is 4.88. The third kappa shape index (κ3) is 4.37. The molecular weight excluding hydrogens is 476 g/mol. The second-order valence-electron chi connectivity index (χ2n) is 7.08. The maximum absolute atomic E-state index is 12.9. The quantitative estimate of drug-likeness (QED) is 0.606. The van der Waals surface area contributed by atoms with Crippen LogP contribution in [0.25, 0.3) is 0 Å². The number of ether oxygens (including phenoxy) is 1. The average molecular weight is 498 g/mol. The summed E-state index contributed by atoms with van der Waals surface area (Å²) in [5.41, 5.74) is 0.905. The van der Waals surface area contributed by atoms with Crippen LogP contribution in [0, 0.1) is 5.92 Å². The molecule has 1 aromatic carbocycles. The first-order valence-corrected chi connectivity index (χ1v) is 10.5. The van der Waals surface area contributed by atoms with Crippen LogP contribution in [0.4, 0.5) is 5.69 Å². The number of esters is 1. The van der Waals surface area contributed by atoms with Gasteiger partial charge in [-0.25, -0.2) is 4.98 Å². The number of imidazole rings is 1. The van der Waals surface area contributed by atoms with Crippen LogP contribution >= 0.6 is 27.5 Å². The first-order valence-electron chi connectivity index (χ1n) is 9.36. The largest absolute Gasteiger partial charge is 0.469 e. The zero-order valence-corrected chi connectivity index (χ0v) is 19.2. The van der Waals surface area contributed by atoms with Crippen LogP contribution in [-0.2, 0) is 16.6 Å². The Kier molecular flexibility index (Phi) is 6.82. The predicted molar refractivity (Wildman–Crippen MR) is 116 cm³/mol. The van der Waals surface area contributed by atoms with Gasteiger partial charge >= 0.3 is 5.97 Å². The molecule has 30 heavy (non-hydrogen) atoms. The van der Waals surface area contributed by atoms with E-state index in [0.717, 1.165) is 0 Å². The summed E-state index contributed by atoms with van der Waals surface area (Å²) in [4.78, 5) is 44.5. The lowest BCUT2D eigenvalue weighted by Crippen LogP contribution is -2.40. The molecule has 0 unspecified atom stereocenters. The second kappa shape index (κ2) is 9.18. The van der Waals surface area contributed by atoms with Crippen LogP contribution < -0.4 is 4.90 Å². The van der Waals surface area contributed by atoms with E-state index < -0.39 is 0 Å². The summed E-state index contributed by atoms with van der Waals surface area (Å²) in [6.07, 6.45) is 2.67. The molecule has 0 spiro atoms. The molecule has 1 aliphatic heterocycles. The monoisotopic (exact) mass is 496 g/mol. The molecule has 1 aliphatic rings. The Labute approximate surface area is 187 Å². The van der Waals surface area contributed by atoms with E-state index in [9.17, 15) is 14.4 Å². The highest BCUT2D eigenvalue weighted by molar-refractivity contribution is 9.10. The van der Waals surface area contributed by atoms with Gasteiger partial charge in [-0.15, -0.1) is 0 Å². The molecule has 0 N–H and O–H groups in total. The molecule has 1 saturated heterocycles. The number of hydrogen-bond acceptors (Lipinski definition) is 5. The standard InChI is InChI=1S/C20H22BrClN4O4/c1-24(19(28)17-23-11-16(21)25(17)2)13-4-5-14(15(22)10-13)18(27)26-8-6-12(7-9-26)20(29)30-3/h4-5,10-12H,6-9H2,1-3H3. The molecule has 10 heteroatoms. The summed E-state index contributed by atoms with van der Waals surface area (Å²) >= 11 is 9.71. The highest BCUT2D eigenvalue weighted by atomic mass is 79.9. The molecule has 0 aliphatic carbocycles. The van der Waals surface area contributed by atoms with Gasteiger partial charge < -0.3 is 19.1 Å². The minimum Gasteiger partial charge on any atom is -0.469 e. The maximum atomic E-state index is 12.9. The Morgan fingerprint density at radius 2 is 1.93 bits per heavy atom. The predicted octanol–water partition coefficient (Wildman–Crippen LogP) is 3.14. The third-order valence-corrected chi connectivity index (χ3v) is 6.36. The van der Waals surface area contributed by atoms with Gasteiger partial charge in [-0.05, 0) is 47.0 Å². The van der Waals surface area contributed by atoms with Crippen LogP contribution in [0.1, 0.15) is 33.8 Å². The number of amides is 2. The Bertz CT molecular complexity index is 985. The average Bonchev–Trinajstić information content (AvgIpc) is 3.10. The van der Waals surface area contributed by atoms with Gasteiger partial charge in [-0.1, -0.05) is 11.6 Å². The Morgan fingerprint density at radius 3 is 2.47 bits per heavy atom. The highest BCUT2D eigenvalue weighted by Crippen LogP contribution is 2.27. The topological polar surface area (TPSA) is 84.7 Å². The number of halogens is 2. The van der Waals surface area contributed by atoms with Crippen molar-refractivity contribution in [1.82, 2.24) is 14.5 Å². The molecule has 2 heterocycles. The number of rotatable bonds is 4. The number of nitrogens with zero attached hydrogens (tertiary/aromatic N) is 4. The number of anilines is 1. The van der Waals surface area contributed by atoms with Gasteiger partial charge in [-0.3, -0.25) is 14.4 Å². The smallest absolute Gasteiger partial charge is 0.308 e. The Morgan fingerprint density at radius 1 is 1.27 bits per heavy atom. The summed E-state index contributed by atoms with van der Waals surface area (Å²) in [5.74, 6) is -0.645. The SMILES string of the molecule is COC(=O)C1CCN(C(=O)c2ccc(N(C)C(=O)c3ncc(Br)n3C)cc2Cl)CC1. The molecule has 0 atom stereocenters. The Hall–Kier alpha value is -2.39. The van der Waals surface area contributed by atoms with Crippen molar-refractivity contribution in [3.63, 3.8) is 0 Å². The van der Waals surface area contributed by atoms with E-state index in [2.05, 4.69) is 20.9 Å². The maximum Gasteiger partial charge on any atom is 0.308 e. The van der Waals surface area contributed by atoms with Gasteiger partial charge in [0, 0.05) is 32.9 Å². The van der Waals surface area contributed by atoms with Gasteiger partial charge in [-0.2, -0.15) is 0 Å². The fourth-order valence-corrected chi connectivity index (χ4v) is 3.92. The highest BCUT2D eigenvalue weighted by Gasteiger charge is 2.29. The molecule has 160 valence electrons. The summed E-state index contributed by atoms with van der Waals surface area (Å²) in [7, 11) is 4.72. The first-order chi connectivity index (χ1) is 14.2. The molecule has 3 rings (SSSR count). The summed E-state index contributed by atoms with van der Waals surface area (Å²) < 4.78 is 7.10. The van der Waals surface area contributed by atoms with E-state index in [4.69, 9.17) is 16.3 Å². The number of methoxy groups -OCH3 is 1. The van der Waals surface area contributed by atoms with Gasteiger partial charge in [0.15, 0.2) is 5.82 Å². The molecule has 0 bridgehead atoms. The number of likely N-dealkylation sites (tertiary alicyclic amines) is 1. The normalized spacial score (nSPS) is 14.5. The number of carbonyl (C=O) groups excluding carboxylic acids is 3. The van der Waals surface area contributed by atoms with Crippen molar-refractivity contribution >= 4 is 51.0 Å². The summed E-state index contributed by atoms with van der Waals surface area (Å²) in [6.45, 7) is 0.923. The minimum atomic E-state index is -0.303. The minimum absolute atomic E-state index is 0.178. The van der Waals surface area contributed by atoms with Crippen LogP contribution in [0.15, 0.2) is 29.0 Å². The molecule has 0 radical (unpaired) electrons. The van der Waals surface area contributed by atoms with E-state index in [0.29, 0.717) is 41.8 Å². The van der Waals surface area contributed by atoms with Crippen molar-refractivity contribution in [2.75, 3.05) is 32.1 Å². The van der Waals surface area contributed by atoms with E-state index in [1.54, 1.807) is 48.0 Å². The van der Waals surface area contributed by atoms with Crippen LogP contribution in [0.5, 0.6) is 0 Å². The van der Waals surface area contributed by atoms with Gasteiger partial charge in [0.2, 0.25) is 0 Å². The number of piperidine rings is 1. The van der Waals surface area contributed by atoms with Crippen LogP contribution in [-0.4, -0.2) is 59.5 Å². The third-order valence-electron chi connectivity index (χ3n) is 5.31. The lowest BCUT2D eigenvalue weighted by molar-refractivity contribution is -0.146. The van der Waals surface area contributed by atoms with Crippen molar-refractivity contribution in [1.29, 1.82) is 0 Å². The Balaban J connectivity index is 1.72. The van der Waals surface area contributed by atoms with E-state index in [1.807, 2.05) is 0 Å². The number of carbonyl (C=O) groups is 3. The van der Waals surface area contributed by atoms with Crippen LogP contribution in [0.2, 0.25) is 5.02 Å². The zero-order chi connectivity index (χ0) is 22.0.